The summed E-state index contributed by atoms with van der Waals surface area (Å²) in [6.07, 6.45) is 14.2. The molecule has 0 aromatic rings. The molecule has 0 atom stereocenters. The van der Waals surface area contributed by atoms with Crippen molar-refractivity contribution in [2.24, 2.45) is 0 Å². The van der Waals surface area contributed by atoms with Gasteiger partial charge in [0.25, 0.3) is 0 Å². The first-order valence-corrected chi connectivity index (χ1v) is 9.92. The predicted octanol–water partition coefficient (Wildman–Crippen LogP) is 0.257. The summed E-state index contributed by atoms with van der Waals surface area (Å²) in [7, 11) is 2.18. The molecule has 0 spiro atoms. The molecule has 24 heavy (non-hydrogen) atoms. The molecule has 0 bridgehead atoms. The molecule has 0 radical (unpaired) electrons. The van der Waals surface area contributed by atoms with E-state index < -0.39 is 0 Å². The molecule has 5 heteroatoms. The number of carbonyl (C=O) groups excluding carboxylic acids is 1. The Kier molecular flexibility index (Phi) is 11.5. The van der Waals surface area contributed by atoms with Crippen LogP contribution in [0.4, 0.5) is 0 Å². The summed E-state index contributed by atoms with van der Waals surface area (Å²) in [5, 5.41) is 3.37. The first-order chi connectivity index (χ1) is 11.2. The maximum absolute atomic E-state index is 12.4. The summed E-state index contributed by atoms with van der Waals surface area (Å²) >= 11 is 0. The summed E-state index contributed by atoms with van der Waals surface area (Å²) in [5.41, 5.74) is 0. The Labute approximate surface area is 165 Å². The molecule has 1 saturated carbocycles. The molecule has 0 aromatic heterocycles. The van der Waals surface area contributed by atoms with Crippen molar-refractivity contribution in [2.45, 2.75) is 76.7 Å². The highest BCUT2D eigenvalue weighted by molar-refractivity contribution is 5.70. The standard InChI is InChI=1S/C19H37N2O2.HI/c1-21(15-13-20-14-16-21)17-19(22)23-18-11-9-7-5-3-2-4-6-8-10-12-18;/h18,20H,2-17H2,1H3;1H/q+1;/p-1. The smallest absolute Gasteiger partial charge is 0.362 e. The van der Waals surface area contributed by atoms with E-state index in [0.29, 0.717) is 6.54 Å². The van der Waals surface area contributed by atoms with Crippen LogP contribution in [0.5, 0.6) is 0 Å². The summed E-state index contributed by atoms with van der Waals surface area (Å²) < 4.78 is 6.72. The molecule has 1 N–H and O–H groups in total. The zero-order valence-electron chi connectivity index (χ0n) is 15.5. The van der Waals surface area contributed by atoms with Crippen LogP contribution in [0.3, 0.4) is 0 Å². The lowest BCUT2D eigenvalue weighted by molar-refractivity contribution is -0.904. The molecule has 4 nitrogen and oxygen atoms in total. The lowest BCUT2D eigenvalue weighted by atomic mass is 9.99. The molecular formula is C19H37IN2O2. The monoisotopic (exact) mass is 452 g/mol. The fraction of sp³-hybridized carbons (Fsp3) is 0.947. The summed E-state index contributed by atoms with van der Waals surface area (Å²) in [6, 6.07) is 0. The number of rotatable bonds is 3. The molecule has 0 amide bonds. The van der Waals surface area contributed by atoms with Crippen LogP contribution in [0.15, 0.2) is 0 Å². The van der Waals surface area contributed by atoms with Crippen LogP contribution in [0.2, 0.25) is 0 Å². The molecule has 142 valence electrons. The summed E-state index contributed by atoms with van der Waals surface area (Å²) in [4.78, 5) is 12.4. The van der Waals surface area contributed by atoms with Crippen LogP contribution < -0.4 is 29.3 Å². The topological polar surface area (TPSA) is 38.3 Å². The molecular weight excluding hydrogens is 415 g/mol. The second-order valence-electron chi connectivity index (χ2n) is 7.85. The van der Waals surface area contributed by atoms with Crippen molar-refractivity contribution in [3.8, 4) is 0 Å². The van der Waals surface area contributed by atoms with E-state index in [9.17, 15) is 4.79 Å². The highest BCUT2D eigenvalue weighted by Gasteiger charge is 2.29. The van der Waals surface area contributed by atoms with Gasteiger partial charge in [-0.3, -0.25) is 0 Å². The lowest BCUT2D eigenvalue weighted by Crippen LogP contribution is -3.00. The summed E-state index contributed by atoms with van der Waals surface area (Å²) in [5.74, 6) is 0.0199. The van der Waals surface area contributed by atoms with Gasteiger partial charge in [0.1, 0.15) is 6.10 Å². The normalized spacial score (nSPS) is 24.0. The minimum Gasteiger partial charge on any atom is -1.00 e. The van der Waals surface area contributed by atoms with Crippen molar-refractivity contribution < 1.29 is 38.0 Å². The number of halogens is 1. The Morgan fingerprint density at radius 3 is 1.88 bits per heavy atom. The van der Waals surface area contributed by atoms with Crippen LogP contribution >= 0.6 is 0 Å². The lowest BCUT2D eigenvalue weighted by Gasteiger charge is -2.37. The maximum Gasteiger partial charge on any atom is 0.362 e. The highest BCUT2D eigenvalue weighted by atomic mass is 127. The molecule has 2 fully saturated rings. The second-order valence-corrected chi connectivity index (χ2v) is 7.85. The number of nitrogens with zero attached hydrogens (tertiary/aromatic N) is 1. The molecule has 0 unspecified atom stereocenters. The average Bonchev–Trinajstić information content (AvgIpc) is 2.50. The van der Waals surface area contributed by atoms with Crippen molar-refractivity contribution in [1.82, 2.24) is 5.32 Å². The number of piperazine rings is 1. The largest absolute Gasteiger partial charge is 1.00 e. The minimum absolute atomic E-state index is 0. The third kappa shape index (κ3) is 8.99. The van der Waals surface area contributed by atoms with Gasteiger partial charge in [0.2, 0.25) is 0 Å². The number of carbonyl (C=O) groups is 1. The van der Waals surface area contributed by atoms with Gasteiger partial charge in [-0.05, 0) is 25.7 Å². The van der Waals surface area contributed by atoms with Gasteiger partial charge in [-0.25, -0.2) is 4.79 Å². The van der Waals surface area contributed by atoms with Crippen LogP contribution in [-0.2, 0) is 9.53 Å². The summed E-state index contributed by atoms with van der Waals surface area (Å²) in [6.45, 7) is 4.61. The van der Waals surface area contributed by atoms with Gasteiger partial charge < -0.3 is 38.5 Å². The van der Waals surface area contributed by atoms with E-state index in [2.05, 4.69) is 12.4 Å². The first-order valence-electron chi connectivity index (χ1n) is 9.92. The average molecular weight is 452 g/mol. The van der Waals surface area contributed by atoms with Crippen molar-refractivity contribution in [3.63, 3.8) is 0 Å². The first kappa shape index (κ1) is 22.2. The molecule has 1 aliphatic carbocycles. The number of likely N-dealkylation sites (N-methyl/N-ethyl adjacent to an activating group) is 1. The molecule has 1 aliphatic heterocycles. The minimum atomic E-state index is 0. The van der Waals surface area contributed by atoms with Crippen molar-refractivity contribution in [1.29, 1.82) is 0 Å². The number of esters is 1. The second kappa shape index (κ2) is 12.5. The maximum atomic E-state index is 12.4. The molecule has 2 aliphatic rings. The number of ether oxygens (including phenoxy) is 1. The van der Waals surface area contributed by atoms with Crippen molar-refractivity contribution in [3.05, 3.63) is 0 Å². The van der Waals surface area contributed by atoms with Crippen LogP contribution in [0.25, 0.3) is 0 Å². The number of hydrogen-bond acceptors (Lipinski definition) is 3. The van der Waals surface area contributed by atoms with Crippen LogP contribution in [-0.4, -0.2) is 56.3 Å². The van der Waals surface area contributed by atoms with Crippen LogP contribution in [0.1, 0.15) is 70.6 Å². The van der Waals surface area contributed by atoms with Crippen molar-refractivity contribution in [2.75, 3.05) is 39.8 Å². The van der Waals surface area contributed by atoms with Gasteiger partial charge in [-0.1, -0.05) is 44.9 Å². The van der Waals surface area contributed by atoms with Gasteiger partial charge >= 0.3 is 5.97 Å². The Hall–Kier alpha value is 0.120. The van der Waals surface area contributed by atoms with Gasteiger partial charge in [0.05, 0.1) is 20.1 Å². The Morgan fingerprint density at radius 1 is 0.917 bits per heavy atom. The van der Waals surface area contributed by atoms with Gasteiger partial charge in [-0.2, -0.15) is 0 Å². The molecule has 0 aromatic carbocycles. The Balaban J connectivity index is 0.00000288. The van der Waals surface area contributed by atoms with E-state index in [0.717, 1.165) is 43.5 Å². The van der Waals surface area contributed by atoms with Gasteiger partial charge in [-0.15, -0.1) is 0 Å². The molecule has 1 heterocycles. The molecule has 2 rings (SSSR count). The SMILES string of the molecule is C[N+]1(CC(=O)OC2CCCCCCCCCCC2)CCNCC1.[I-]. The van der Waals surface area contributed by atoms with Gasteiger partial charge in [0.15, 0.2) is 6.54 Å². The van der Waals surface area contributed by atoms with E-state index >= 15 is 0 Å². The third-order valence-corrected chi connectivity index (χ3v) is 5.52. The van der Waals surface area contributed by atoms with E-state index in [-0.39, 0.29) is 36.0 Å². The number of hydrogen-bond donors (Lipinski definition) is 1. The van der Waals surface area contributed by atoms with E-state index in [1.54, 1.807) is 0 Å². The number of nitrogens with one attached hydrogen (secondary N) is 1. The highest BCUT2D eigenvalue weighted by Crippen LogP contribution is 2.19. The number of quaternary nitrogens is 1. The van der Waals surface area contributed by atoms with Crippen LogP contribution in [0, 0.1) is 0 Å². The third-order valence-electron chi connectivity index (χ3n) is 5.52. The zero-order chi connectivity index (χ0) is 16.4. The molecule has 1 saturated heterocycles. The van der Waals surface area contributed by atoms with Gasteiger partial charge in [0, 0.05) is 13.1 Å². The predicted molar refractivity (Wildman–Crippen MR) is 94.3 cm³/mol. The fourth-order valence-corrected chi connectivity index (χ4v) is 3.87. The van der Waals surface area contributed by atoms with E-state index in [1.165, 1.54) is 57.8 Å². The van der Waals surface area contributed by atoms with E-state index in [1.807, 2.05) is 0 Å². The van der Waals surface area contributed by atoms with Crippen molar-refractivity contribution >= 4 is 5.97 Å². The quantitative estimate of drug-likeness (QED) is 0.379. The van der Waals surface area contributed by atoms with E-state index in [4.69, 9.17) is 4.74 Å². The Morgan fingerprint density at radius 2 is 1.38 bits per heavy atom. The fourth-order valence-electron chi connectivity index (χ4n) is 3.87. The Bertz CT molecular complexity index is 334. The zero-order valence-corrected chi connectivity index (χ0v) is 17.7.